The molecular weight excluding hydrogens is 272 g/mol. The van der Waals surface area contributed by atoms with Crippen molar-refractivity contribution in [3.05, 3.63) is 42.2 Å². The van der Waals surface area contributed by atoms with Crippen LogP contribution in [0.5, 0.6) is 0 Å². The Kier molecular flexibility index (Phi) is 5.03. The van der Waals surface area contributed by atoms with E-state index in [0.29, 0.717) is 30.8 Å². The Hall–Kier alpha value is -2.70. The second-order valence-corrected chi connectivity index (χ2v) is 4.26. The van der Waals surface area contributed by atoms with E-state index in [4.69, 9.17) is 4.74 Å². The van der Waals surface area contributed by atoms with Gasteiger partial charge in [-0.3, -0.25) is 9.48 Å². The van der Waals surface area contributed by atoms with E-state index in [2.05, 4.69) is 15.6 Å². The van der Waals surface area contributed by atoms with Crippen LogP contribution in [0.25, 0.3) is 0 Å². The normalized spacial score (nSPS) is 10.1. The van der Waals surface area contributed by atoms with Crippen molar-refractivity contribution in [3.63, 3.8) is 0 Å². The van der Waals surface area contributed by atoms with E-state index in [1.54, 1.807) is 48.3 Å². The minimum atomic E-state index is -0.374. The molecule has 110 valence electrons. The molecule has 0 aliphatic rings. The molecule has 1 aromatic carbocycles. The number of amides is 1. The van der Waals surface area contributed by atoms with Crippen LogP contribution in [0.3, 0.4) is 0 Å². The fraction of sp³-hybridized carbons (Fsp3) is 0.286. The quantitative estimate of drug-likeness (QED) is 0.814. The van der Waals surface area contributed by atoms with Gasteiger partial charge in [0, 0.05) is 18.3 Å². The maximum atomic E-state index is 11.8. The number of hydrogen-bond acceptors (Lipinski definition) is 5. The van der Waals surface area contributed by atoms with Crippen LogP contribution in [-0.2, 0) is 16.1 Å². The topological polar surface area (TPSA) is 86.1 Å². The molecule has 0 radical (unpaired) electrons. The summed E-state index contributed by atoms with van der Waals surface area (Å²) in [6.45, 7) is 2.55. The number of benzene rings is 1. The third kappa shape index (κ3) is 4.41. The summed E-state index contributed by atoms with van der Waals surface area (Å²) in [6, 6.07) is 6.56. The van der Waals surface area contributed by atoms with Crippen molar-refractivity contribution in [2.24, 2.45) is 0 Å². The highest BCUT2D eigenvalue weighted by Gasteiger charge is 2.07. The number of anilines is 1. The number of carbonyl (C=O) groups is 2. The average molecular weight is 288 g/mol. The molecule has 2 rings (SSSR count). The number of esters is 1. The third-order valence-corrected chi connectivity index (χ3v) is 2.72. The van der Waals surface area contributed by atoms with E-state index >= 15 is 0 Å². The Labute approximate surface area is 121 Å². The van der Waals surface area contributed by atoms with Crippen molar-refractivity contribution in [1.82, 2.24) is 15.0 Å². The van der Waals surface area contributed by atoms with Gasteiger partial charge in [-0.05, 0) is 31.2 Å². The van der Waals surface area contributed by atoms with Gasteiger partial charge in [-0.2, -0.15) is 0 Å². The first kappa shape index (κ1) is 14.7. The molecule has 0 aliphatic carbocycles. The molecule has 0 saturated heterocycles. The van der Waals surface area contributed by atoms with Gasteiger partial charge < -0.3 is 10.1 Å². The van der Waals surface area contributed by atoms with Crippen LogP contribution in [0.4, 0.5) is 5.69 Å². The summed E-state index contributed by atoms with van der Waals surface area (Å²) in [7, 11) is 0. The number of aromatic nitrogens is 3. The van der Waals surface area contributed by atoms with Crippen molar-refractivity contribution < 1.29 is 14.3 Å². The molecule has 0 spiro atoms. The molecule has 7 heteroatoms. The third-order valence-electron chi connectivity index (χ3n) is 2.72. The maximum absolute atomic E-state index is 11.8. The minimum absolute atomic E-state index is 0.130. The Morgan fingerprint density at radius 2 is 2.05 bits per heavy atom. The van der Waals surface area contributed by atoms with E-state index in [0.717, 1.165) is 0 Å². The summed E-state index contributed by atoms with van der Waals surface area (Å²) in [5.74, 6) is -0.504. The number of ether oxygens (including phenoxy) is 1. The Morgan fingerprint density at radius 3 is 2.67 bits per heavy atom. The van der Waals surface area contributed by atoms with Crippen LogP contribution in [0.2, 0.25) is 0 Å². The van der Waals surface area contributed by atoms with Crippen LogP contribution in [0, 0.1) is 0 Å². The Morgan fingerprint density at radius 1 is 1.29 bits per heavy atom. The lowest BCUT2D eigenvalue weighted by Crippen LogP contribution is -2.15. The molecule has 0 unspecified atom stereocenters. The number of aryl methyl sites for hydroxylation is 1. The smallest absolute Gasteiger partial charge is 0.338 e. The predicted octanol–water partition coefficient (Wildman–Crippen LogP) is 1.48. The van der Waals surface area contributed by atoms with Gasteiger partial charge in [-0.15, -0.1) is 5.10 Å². The molecular formula is C14H16N4O3. The van der Waals surface area contributed by atoms with Crippen LogP contribution in [0.1, 0.15) is 23.7 Å². The lowest BCUT2D eigenvalue weighted by Gasteiger charge is -2.06. The van der Waals surface area contributed by atoms with Crippen molar-refractivity contribution in [1.29, 1.82) is 0 Å². The number of carbonyl (C=O) groups excluding carboxylic acids is 2. The standard InChI is InChI=1S/C14H16N4O3/c1-2-21-14(20)11-3-5-12(6-4-11)16-13(19)7-9-18-10-8-15-17-18/h3-6,8,10H,2,7,9H2,1H3,(H,16,19). The van der Waals surface area contributed by atoms with Crippen molar-refractivity contribution in [2.45, 2.75) is 19.9 Å². The van der Waals surface area contributed by atoms with Gasteiger partial charge in [-0.25, -0.2) is 4.79 Å². The molecule has 1 amide bonds. The molecule has 21 heavy (non-hydrogen) atoms. The fourth-order valence-electron chi connectivity index (χ4n) is 1.70. The van der Waals surface area contributed by atoms with Crippen LogP contribution >= 0.6 is 0 Å². The molecule has 0 bridgehead atoms. The number of nitrogens with zero attached hydrogens (tertiary/aromatic N) is 3. The largest absolute Gasteiger partial charge is 0.462 e. The monoisotopic (exact) mass is 288 g/mol. The predicted molar refractivity (Wildman–Crippen MR) is 75.7 cm³/mol. The Balaban J connectivity index is 1.85. The van der Waals surface area contributed by atoms with Crippen molar-refractivity contribution >= 4 is 17.6 Å². The first-order chi connectivity index (χ1) is 10.2. The van der Waals surface area contributed by atoms with Crippen LogP contribution < -0.4 is 5.32 Å². The molecule has 1 N–H and O–H groups in total. The van der Waals surface area contributed by atoms with Crippen LogP contribution in [0.15, 0.2) is 36.7 Å². The highest BCUT2D eigenvalue weighted by molar-refractivity contribution is 5.93. The van der Waals surface area contributed by atoms with Gasteiger partial charge in [0.1, 0.15) is 0 Å². The molecule has 0 fully saturated rings. The lowest BCUT2D eigenvalue weighted by molar-refractivity contribution is -0.116. The fourth-order valence-corrected chi connectivity index (χ4v) is 1.70. The molecule has 2 aromatic rings. The second kappa shape index (κ2) is 7.18. The summed E-state index contributed by atoms with van der Waals surface area (Å²) >= 11 is 0. The van der Waals surface area contributed by atoms with E-state index in [9.17, 15) is 9.59 Å². The van der Waals surface area contributed by atoms with Gasteiger partial charge in [0.2, 0.25) is 5.91 Å². The summed E-state index contributed by atoms with van der Waals surface area (Å²) in [6.07, 6.45) is 3.55. The summed E-state index contributed by atoms with van der Waals surface area (Å²) < 4.78 is 6.47. The molecule has 0 atom stereocenters. The average Bonchev–Trinajstić information content (AvgIpc) is 2.99. The Bertz CT molecular complexity index is 593. The zero-order valence-corrected chi connectivity index (χ0v) is 11.7. The van der Waals surface area contributed by atoms with Gasteiger partial charge >= 0.3 is 5.97 Å². The maximum Gasteiger partial charge on any atom is 0.338 e. The number of hydrogen-bond donors (Lipinski definition) is 1. The van der Waals surface area contributed by atoms with E-state index in [-0.39, 0.29) is 11.9 Å². The molecule has 1 heterocycles. The summed E-state index contributed by atoms with van der Waals surface area (Å²) in [4.78, 5) is 23.3. The minimum Gasteiger partial charge on any atom is -0.462 e. The highest BCUT2D eigenvalue weighted by Crippen LogP contribution is 2.11. The molecule has 7 nitrogen and oxygen atoms in total. The molecule has 0 saturated carbocycles. The van der Waals surface area contributed by atoms with E-state index in [1.165, 1.54) is 0 Å². The van der Waals surface area contributed by atoms with Gasteiger partial charge in [-0.1, -0.05) is 5.21 Å². The van der Waals surface area contributed by atoms with Gasteiger partial charge in [0.15, 0.2) is 0 Å². The number of rotatable bonds is 6. The van der Waals surface area contributed by atoms with Gasteiger partial charge in [0.05, 0.1) is 24.9 Å². The van der Waals surface area contributed by atoms with Crippen LogP contribution in [-0.4, -0.2) is 33.5 Å². The lowest BCUT2D eigenvalue weighted by atomic mass is 10.2. The zero-order valence-electron chi connectivity index (χ0n) is 11.7. The molecule has 1 aromatic heterocycles. The summed E-state index contributed by atoms with van der Waals surface area (Å²) in [5, 5.41) is 10.2. The first-order valence-electron chi connectivity index (χ1n) is 6.60. The second-order valence-electron chi connectivity index (χ2n) is 4.26. The van der Waals surface area contributed by atoms with E-state index in [1.807, 2.05) is 0 Å². The van der Waals surface area contributed by atoms with Crippen molar-refractivity contribution in [2.75, 3.05) is 11.9 Å². The summed E-state index contributed by atoms with van der Waals surface area (Å²) in [5.41, 5.74) is 1.09. The van der Waals surface area contributed by atoms with Crippen molar-refractivity contribution in [3.8, 4) is 0 Å². The first-order valence-corrected chi connectivity index (χ1v) is 6.60. The van der Waals surface area contributed by atoms with Gasteiger partial charge in [0.25, 0.3) is 0 Å². The number of nitrogens with one attached hydrogen (secondary N) is 1. The SMILES string of the molecule is CCOC(=O)c1ccc(NC(=O)CCn2ccnn2)cc1. The zero-order chi connectivity index (χ0) is 15.1. The van der Waals surface area contributed by atoms with E-state index < -0.39 is 0 Å². The molecule has 0 aliphatic heterocycles. The highest BCUT2D eigenvalue weighted by atomic mass is 16.5.